The standard InChI is InChI=1S/C16H25N3O.ClH/c1-12-7-8-14(10-18-12)11-19-16(20)15(17)9-13-5-3-2-4-6-13;/h7-8,10,13,15H,2-6,9,11,17H2,1H3,(H,19,20);1H. The predicted molar refractivity (Wildman–Crippen MR) is 87.2 cm³/mol. The van der Waals surface area contributed by atoms with Crippen LogP contribution in [-0.4, -0.2) is 16.9 Å². The number of pyridine rings is 1. The molecule has 0 aromatic carbocycles. The van der Waals surface area contributed by atoms with Gasteiger partial charge in [0.15, 0.2) is 0 Å². The first-order valence-corrected chi connectivity index (χ1v) is 7.60. The molecule has 5 heteroatoms. The summed E-state index contributed by atoms with van der Waals surface area (Å²) in [5.74, 6) is 0.585. The van der Waals surface area contributed by atoms with Crippen LogP contribution in [0.1, 0.15) is 49.8 Å². The van der Waals surface area contributed by atoms with Crippen molar-refractivity contribution in [2.75, 3.05) is 0 Å². The molecule has 1 fully saturated rings. The summed E-state index contributed by atoms with van der Waals surface area (Å²) in [6.45, 7) is 2.45. The summed E-state index contributed by atoms with van der Waals surface area (Å²) in [6.07, 6.45) is 8.96. The first-order chi connectivity index (χ1) is 9.65. The van der Waals surface area contributed by atoms with Gasteiger partial charge >= 0.3 is 0 Å². The molecular formula is C16H26ClN3O. The number of nitrogens with one attached hydrogen (secondary N) is 1. The molecule has 1 unspecified atom stereocenters. The van der Waals surface area contributed by atoms with Gasteiger partial charge in [-0.2, -0.15) is 0 Å². The zero-order valence-electron chi connectivity index (χ0n) is 12.7. The minimum atomic E-state index is -0.378. The largest absolute Gasteiger partial charge is 0.351 e. The summed E-state index contributed by atoms with van der Waals surface area (Å²) < 4.78 is 0. The number of rotatable bonds is 5. The molecule has 0 radical (unpaired) electrons. The van der Waals surface area contributed by atoms with Gasteiger partial charge in [-0.25, -0.2) is 0 Å². The summed E-state index contributed by atoms with van der Waals surface area (Å²) in [5, 5.41) is 2.90. The average Bonchev–Trinajstić information content (AvgIpc) is 2.47. The number of halogens is 1. The first-order valence-electron chi connectivity index (χ1n) is 7.60. The Hall–Kier alpha value is -1.13. The molecule has 1 saturated carbocycles. The highest BCUT2D eigenvalue weighted by Crippen LogP contribution is 2.26. The van der Waals surface area contributed by atoms with E-state index in [0.29, 0.717) is 12.5 Å². The van der Waals surface area contributed by atoms with E-state index < -0.39 is 0 Å². The van der Waals surface area contributed by atoms with E-state index in [1.165, 1.54) is 32.1 Å². The number of hydrogen-bond donors (Lipinski definition) is 2. The highest BCUT2D eigenvalue weighted by atomic mass is 35.5. The van der Waals surface area contributed by atoms with Crippen LogP contribution in [0.5, 0.6) is 0 Å². The van der Waals surface area contributed by atoms with Gasteiger partial charge in [0.1, 0.15) is 0 Å². The molecule has 0 saturated heterocycles. The minimum absolute atomic E-state index is 0. The summed E-state index contributed by atoms with van der Waals surface area (Å²) in [7, 11) is 0. The van der Waals surface area contributed by atoms with Crippen molar-refractivity contribution >= 4 is 18.3 Å². The van der Waals surface area contributed by atoms with Crippen molar-refractivity contribution in [3.05, 3.63) is 29.6 Å². The van der Waals surface area contributed by atoms with Crippen molar-refractivity contribution < 1.29 is 4.79 Å². The van der Waals surface area contributed by atoms with E-state index in [1.807, 2.05) is 19.1 Å². The van der Waals surface area contributed by atoms with E-state index in [1.54, 1.807) is 6.20 Å². The third kappa shape index (κ3) is 6.02. The van der Waals surface area contributed by atoms with Gasteiger partial charge in [0.2, 0.25) is 5.91 Å². The van der Waals surface area contributed by atoms with Gasteiger partial charge in [-0.05, 0) is 30.9 Å². The van der Waals surface area contributed by atoms with Gasteiger partial charge in [0.25, 0.3) is 0 Å². The van der Waals surface area contributed by atoms with E-state index in [-0.39, 0.29) is 24.4 Å². The van der Waals surface area contributed by atoms with Crippen LogP contribution < -0.4 is 11.1 Å². The molecule has 1 amide bonds. The number of nitrogens with two attached hydrogens (primary N) is 1. The number of hydrogen-bond acceptors (Lipinski definition) is 3. The van der Waals surface area contributed by atoms with Crippen molar-refractivity contribution in [2.45, 2.75) is 58.0 Å². The molecule has 1 aliphatic carbocycles. The molecule has 4 nitrogen and oxygen atoms in total. The number of amides is 1. The van der Waals surface area contributed by atoms with E-state index in [4.69, 9.17) is 5.73 Å². The molecule has 1 heterocycles. The first kappa shape index (κ1) is 17.9. The average molecular weight is 312 g/mol. The Morgan fingerprint density at radius 1 is 1.38 bits per heavy atom. The Balaban J connectivity index is 0.00000220. The van der Waals surface area contributed by atoms with E-state index in [9.17, 15) is 4.79 Å². The van der Waals surface area contributed by atoms with Gasteiger partial charge in [-0.1, -0.05) is 38.2 Å². The van der Waals surface area contributed by atoms with Crippen LogP contribution in [0.25, 0.3) is 0 Å². The van der Waals surface area contributed by atoms with Crippen molar-refractivity contribution in [3.8, 4) is 0 Å². The molecule has 1 atom stereocenters. The lowest BCUT2D eigenvalue weighted by Crippen LogP contribution is -2.41. The van der Waals surface area contributed by atoms with Crippen molar-refractivity contribution in [1.29, 1.82) is 0 Å². The van der Waals surface area contributed by atoms with Crippen LogP contribution in [0.2, 0.25) is 0 Å². The fourth-order valence-electron chi connectivity index (χ4n) is 2.81. The quantitative estimate of drug-likeness (QED) is 0.878. The molecule has 1 aromatic rings. The monoisotopic (exact) mass is 311 g/mol. The number of nitrogens with zero attached hydrogens (tertiary/aromatic N) is 1. The number of aryl methyl sites for hydroxylation is 1. The second-order valence-corrected chi connectivity index (χ2v) is 5.87. The van der Waals surface area contributed by atoms with Gasteiger partial charge in [-0.15, -0.1) is 12.4 Å². The number of carbonyl (C=O) groups is 1. The molecule has 3 N–H and O–H groups in total. The molecular weight excluding hydrogens is 286 g/mol. The van der Waals surface area contributed by atoms with Crippen LogP contribution in [0, 0.1) is 12.8 Å². The Morgan fingerprint density at radius 3 is 2.71 bits per heavy atom. The van der Waals surface area contributed by atoms with Crippen LogP contribution in [0.3, 0.4) is 0 Å². The summed E-state index contributed by atoms with van der Waals surface area (Å²) in [4.78, 5) is 16.2. The maximum absolute atomic E-state index is 12.0. The maximum atomic E-state index is 12.0. The van der Waals surface area contributed by atoms with Crippen LogP contribution in [-0.2, 0) is 11.3 Å². The second-order valence-electron chi connectivity index (χ2n) is 5.87. The normalized spacial score (nSPS) is 16.9. The van der Waals surface area contributed by atoms with Gasteiger partial charge in [-0.3, -0.25) is 9.78 Å². The SMILES string of the molecule is Cc1ccc(CNC(=O)C(N)CC2CCCCC2)cn1.Cl. The number of aromatic nitrogens is 1. The maximum Gasteiger partial charge on any atom is 0.237 e. The molecule has 2 rings (SSSR count). The van der Waals surface area contributed by atoms with Crippen molar-refractivity contribution in [1.82, 2.24) is 10.3 Å². The Bertz CT molecular complexity index is 430. The Labute approximate surface area is 133 Å². The predicted octanol–water partition coefficient (Wildman–Crippen LogP) is 2.73. The van der Waals surface area contributed by atoms with E-state index >= 15 is 0 Å². The fraction of sp³-hybridized carbons (Fsp3) is 0.625. The molecule has 1 aliphatic rings. The summed E-state index contributed by atoms with van der Waals surface area (Å²) in [5.41, 5.74) is 8.00. The molecule has 118 valence electrons. The van der Waals surface area contributed by atoms with Crippen molar-refractivity contribution in [2.24, 2.45) is 11.7 Å². The lowest BCUT2D eigenvalue weighted by Gasteiger charge is -2.24. The highest BCUT2D eigenvalue weighted by molar-refractivity contribution is 5.85. The Kier molecular flexibility index (Phi) is 7.68. The lowest BCUT2D eigenvalue weighted by atomic mass is 9.85. The zero-order chi connectivity index (χ0) is 14.4. The van der Waals surface area contributed by atoms with Crippen molar-refractivity contribution in [3.63, 3.8) is 0 Å². The summed E-state index contributed by atoms with van der Waals surface area (Å²) >= 11 is 0. The van der Waals surface area contributed by atoms with Gasteiger partial charge in [0, 0.05) is 18.4 Å². The third-order valence-corrected chi connectivity index (χ3v) is 4.09. The van der Waals surface area contributed by atoms with Crippen LogP contribution in [0.4, 0.5) is 0 Å². The van der Waals surface area contributed by atoms with Crippen LogP contribution >= 0.6 is 12.4 Å². The molecule has 0 spiro atoms. The Morgan fingerprint density at radius 2 is 2.10 bits per heavy atom. The topological polar surface area (TPSA) is 68.0 Å². The highest BCUT2D eigenvalue weighted by Gasteiger charge is 2.20. The lowest BCUT2D eigenvalue weighted by molar-refractivity contribution is -0.122. The number of carbonyl (C=O) groups excluding carboxylic acids is 1. The molecule has 1 aromatic heterocycles. The van der Waals surface area contributed by atoms with E-state index in [0.717, 1.165) is 17.7 Å². The molecule has 21 heavy (non-hydrogen) atoms. The zero-order valence-corrected chi connectivity index (χ0v) is 13.5. The third-order valence-electron chi connectivity index (χ3n) is 4.09. The molecule has 0 bridgehead atoms. The second kappa shape index (κ2) is 9.00. The molecule has 0 aliphatic heterocycles. The van der Waals surface area contributed by atoms with Gasteiger partial charge in [0.05, 0.1) is 6.04 Å². The minimum Gasteiger partial charge on any atom is -0.351 e. The van der Waals surface area contributed by atoms with E-state index in [2.05, 4.69) is 10.3 Å². The summed E-state index contributed by atoms with van der Waals surface area (Å²) in [6, 6.07) is 3.55. The smallest absolute Gasteiger partial charge is 0.237 e. The fourth-order valence-corrected chi connectivity index (χ4v) is 2.81. The van der Waals surface area contributed by atoms with Gasteiger partial charge < -0.3 is 11.1 Å². The van der Waals surface area contributed by atoms with Crippen LogP contribution in [0.15, 0.2) is 18.3 Å².